The van der Waals surface area contributed by atoms with E-state index in [1.54, 1.807) is 6.07 Å². The van der Waals surface area contributed by atoms with Gasteiger partial charge in [0, 0.05) is 18.5 Å². The lowest BCUT2D eigenvalue weighted by Crippen LogP contribution is -2.45. The van der Waals surface area contributed by atoms with Gasteiger partial charge >= 0.3 is 0 Å². The van der Waals surface area contributed by atoms with Crippen molar-refractivity contribution in [1.82, 2.24) is 19.7 Å². The summed E-state index contributed by atoms with van der Waals surface area (Å²) in [6, 6.07) is 2.95. The Balaban J connectivity index is 2.44. The molecule has 1 aromatic carbocycles. The van der Waals surface area contributed by atoms with Gasteiger partial charge in [-0.05, 0) is 50.5 Å². The van der Waals surface area contributed by atoms with Gasteiger partial charge < -0.3 is 9.59 Å². The number of aromatic nitrogens is 3. The van der Waals surface area contributed by atoms with E-state index in [2.05, 4.69) is 49.0 Å². The van der Waals surface area contributed by atoms with Gasteiger partial charge in [-0.2, -0.15) is 0 Å². The summed E-state index contributed by atoms with van der Waals surface area (Å²) in [4.78, 5) is 1.31. The Labute approximate surface area is 198 Å². The molecule has 0 amide bonds. The van der Waals surface area contributed by atoms with Crippen molar-refractivity contribution in [3.63, 3.8) is 0 Å². The number of nitrogens with zero attached hydrogens (tertiary/aromatic N) is 4. The molecule has 0 spiro atoms. The Morgan fingerprint density at radius 1 is 1.15 bits per heavy atom. The minimum absolute atomic E-state index is 0.0384. The predicted molar refractivity (Wildman–Crippen MR) is 134 cm³/mol. The van der Waals surface area contributed by atoms with E-state index in [-0.39, 0.29) is 22.3 Å². The summed E-state index contributed by atoms with van der Waals surface area (Å²) in [5, 5.41) is 19.6. The van der Waals surface area contributed by atoms with Crippen LogP contribution in [0.3, 0.4) is 0 Å². The molecule has 1 unspecified atom stereocenters. The van der Waals surface area contributed by atoms with E-state index in [4.69, 9.17) is 0 Å². The summed E-state index contributed by atoms with van der Waals surface area (Å²) in [5.74, 6) is -0.0946. The van der Waals surface area contributed by atoms with E-state index in [0.29, 0.717) is 23.5 Å². The smallest absolute Gasteiger partial charge is 0.240 e. The first-order chi connectivity index (χ1) is 15.6. The highest BCUT2D eigenvalue weighted by Crippen LogP contribution is 2.35. The van der Waals surface area contributed by atoms with Gasteiger partial charge in [-0.1, -0.05) is 27.0 Å². The van der Waals surface area contributed by atoms with Crippen molar-refractivity contribution in [3.8, 4) is 11.4 Å². The average molecular weight is 477 g/mol. The van der Waals surface area contributed by atoms with E-state index in [1.807, 2.05) is 13.8 Å². The van der Waals surface area contributed by atoms with Crippen LogP contribution in [0.15, 0.2) is 30.2 Å². The van der Waals surface area contributed by atoms with Crippen molar-refractivity contribution >= 4 is 22.2 Å². The van der Waals surface area contributed by atoms with Crippen molar-refractivity contribution in [3.05, 3.63) is 42.2 Å². The number of rotatable bonds is 13. The van der Waals surface area contributed by atoms with Gasteiger partial charge in [0.15, 0.2) is 0 Å². The molecule has 1 aromatic heterocycles. The maximum Gasteiger partial charge on any atom is 0.240 e. The van der Waals surface area contributed by atoms with E-state index in [0.717, 1.165) is 37.0 Å². The first-order valence-electron chi connectivity index (χ1n) is 11.5. The summed E-state index contributed by atoms with van der Waals surface area (Å²) >= 11 is 0. The van der Waals surface area contributed by atoms with Crippen LogP contribution in [0.25, 0.3) is 17.8 Å². The molecule has 182 valence electrons. The second-order valence-electron chi connectivity index (χ2n) is 8.58. The Morgan fingerprint density at radius 3 is 2.21 bits per heavy atom. The fourth-order valence-corrected chi connectivity index (χ4v) is 4.66. The molecule has 2 rings (SSSR count). The molecule has 9 heteroatoms. The molecule has 0 saturated carbocycles. The molecule has 0 aliphatic rings. The highest BCUT2D eigenvalue weighted by Gasteiger charge is 2.24. The summed E-state index contributed by atoms with van der Waals surface area (Å²) in [6.07, 6.45) is 4.53. The lowest BCUT2D eigenvalue weighted by molar-refractivity contribution is -0.906. The zero-order valence-corrected chi connectivity index (χ0v) is 21.3. The van der Waals surface area contributed by atoms with Crippen molar-refractivity contribution in [2.75, 3.05) is 33.2 Å². The fraction of sp³-hybridized carbons (Fsp3) is 0.500. The molecule has 8 nitrogen and oxygen atoms in total. The van der Waals surface area contributed by atoms with E-state index in [9.17, 15) is 13.5 Å². The van der Waals surface area contributed by atoms with Gasteiger partial charge in [-0.3, -0.25) is 0 Å². The van der Waals surface area contributed by atoms with Gasteiger partial charge in [-0.15, -0.1) is 15.0 Å². The molecule has 1 atom stereocenters. The molecular formula is C24H38N5O3S+. The Bertz CT molecular complexity index is 1060. The van der Waals surface area contributed by atoms with Crippen LogP contribution in [0.2, 0.25) is 0 Å². The van der Waals surface area contributed by atoms with Gasteiger partial charge in [0.2, 0.25) is 10.0 Å². The Kier molecular flexibility index (Phi) is 8.99. The third kappa shape index (κ3) is 6.10. The summed E-state index contributed by atoms with van der Waals surface area (Å²) in [5.41, 5.74) is 1.72. The van der Waals surface area contributed by atoms with Crippen LogP contribution >= 0.6 is 0 Å². The third-order valence-corrected chi connectivity index (χ3v) is 7.95. The lowest BCUT2D eigenvalue weighted by atomic mass is 9.97. The SMILES string of the molecule is C=Cc1nn(-c2cc(S(=O)(=O)NCCC[N+](C)(CC)CC)cc(C(C)CC)c2O)nc1C=C. The van der Waals surface area contributed by atoms with Gasteiger partial charge in [0.25, 0.3) is 0 Å². The van der Waals surface area contributed by atoms with Crippen LogP contribution in [-0.2, 0) is 10.0 Å². The number of phenolic OH excluding ortho intramolecular Hbond substituents is 1. The lowest BCUT2D eigenvalue weighted by Gasteiger charge is -2.32. The number of hydrogen-bond acceptors (Lipinski definition) is 5. The fourth-order valence-electron chi connectivity index (χ4n) is 3.54. The molecular weight excluding hydrogens is 438 g/mol. The molecule has 0 radical (unpaired) electrons. The monoisotopic (exact) mass is 476 g/mol. The van der Waals surface area contributed by atoms with Gasteiger partial charge in [-0.25, -0.2) is 13.1 Å². The highest BCUT2D eigenvalue weighted by molar-refractivity contribution is 7.89. The number of phenols is 1. The van der Waals surface area contributed by atoms with Crippen LogP contribution in [-0.4, -0.2) is 66.2 Å². The molecule has 0 aliphatic carbocycles. The first-order valence-corrected chi connectivity index (χ1v) is 13.0. The molecule has 0 saturated heterocycles. The minimum atomic E-state index is -3.79. The van der Waals surface area contributed by atoms with Crippen LogP contribution in [0.5, 0.6) is 5.75 Å². The zero-order chi connectivity index (χ0) is 24.8. The highest BCUT2D eigenvalue weighted by atomic mass is 32.2. The molecule has 0 bridgehead atoms. The summed E-state index contributed by atoms with van der Waals surface area (Å²) in [6.45, 7) is 18.9. The molecule has 1 heterocycles. The Hall–Kier alpha value is -2.49. The Morgan fingerprint density at radius 2 is 1.73 bits per heavy atom. The zero-order valence-electron chi connectivity index (χ0n) is 20.5. The number of benzene rings is 1. The minimum Gasteiger partial charge on any atom is -0.505 e. The number of nitrogens with one attached hydrogen (secondary N) is 1. The molecule has 33 heavy (non-hydrogen) atoms. The predicted octanol–water partition coefficient (Wildman–Crippen LogP) is 3.93. The van der Waals surface area contributed by atoms with Crippen molar-refractivity contribution < 1.29 is 18.0 Å². The molecule has 2 aromatic rings. The number of quaternary nitrogens is 1. The normalized spacial score (nSPS) is 13.1. The summed E-state index contributed by atoms with van der Waals surface area (Å²) in [7, 11) is -1.62. The van der Waals surface area contributed by atoms with Crippen molar-refractivity contribution in [1.29, 1.82) is 0 Å². The quantitative estimate of drug-likeness (QED) is 0.337. The second-order valence-corrected chi connectivity index (χ2v) is 10.4. The number of hydrogen-bond donors (Lipinski definition) is 2. The van der Waals surface area contributed by atoms with E-state index < -0.39 is 10.0 Å². The maximum absolute atomic E-state index is 13.2. The standard InChI is InChI=1S/C24H37N5O3S/c1-8-18(6)20-16-19(33(31,32)25-14-13-15-29(7,11-4)12-5)17-23(24(20)30)28-26-21(9-2)22(10-3)27-28/h9-10,16-18,25H,2-3,8,11-15H2,1,4-7H3/p+1. The molecule has 0 aliphatic heterocycles. The average Bonchev–Trinajstić information content (AvgIpc) is 3.24. The van der Waals surface area contributed by atoms with Crippen LogP contribution in [0, 0.1) is 0 Å². The molecule has 2 N–H and O–H groups in total. The topological polar surface area (TPSA) is 97.1 Å². The third-order valence-electron chi connectivity index (χ3n) is 6.51. The largest absolute Gasteiger partial charge is 0.505 e. The number of aromatic hydroxyl groups is 1. The number of sulfonamides is 1. The van der Waals surface area contributed by atoms with Crippen molar-refractivity contribution in [2.45, 2.75) is 51.3 Å². The van der Waals surface area contributed by atoms with E-state index >= 15 is 0 Å². The van der Waals surface area contributed by atoms with Crippen LogP contribution < -0.4 is 4.72 Å². The summed E-state index contributed by atoms with van der Waals surface area (Å²) < 4.78 is 29.9. The van der Waals surface area contributed by atoms with Gasteiger partial charge in [0.05, 0.1) is 31.6 Å². The first kappa shape index (κ1) is 26.8. The maximum atomic E-state index is 13.2. The van der Waals surface area contributed by atoms with Gasteiger partial charge in [0.1, 0.15) is 22.8 Å². The van der Waals surface area contributed by atoms with Crippen LogP contribution in [0.4, 0.5) is 0 Å². The van der Waals surface area contributed by atoms with Crippen LogP contribution in [0.1, 0.15) is 63.4 Å². The van der Waals surface area contributed by atoms with Crippen molar-refractivity contribution in [2.24, 2.45) is 0 Å². The van der Waals surface area contributed by atoms with E-state index in [1.165, 1.54) is 23.0 Å². The molecule has 0 fully saturated rings. The second kappa shape index (κ2) is 11.1.